The third-order valence-corrected chi connectivity index (χ3v) is 6.75. The summed E-state index contributed by atoms with van der Waals surface area (Å²) in [6, 6.07) is 4.18. The number of hydrogen-bond acceptors (Lipinski definition) is 5. The summed E-state index contributed by atoms with van der Waals surface area (Å²) in [6.45, 7) is 27.6. The first-order valence-corrected chi connectivity index (χ1v) is 16.2. The van der Waals surface area contributed by atoms with Gasteiger partial charge in [0.05, 0.1) is 12.2 Å². The van der Waals surface area contributed by atoms with Crippen molar-refractivity contribution in [3.05, 3.63) is 76.5 Å². The lowest BCUT2D eigenvalue weighted by atomic mass is 9.91. The Morgan fingerprint density at radius 2 is 1.66 bits per heavy atom. The molecule has 44 heavy (non-hydrogen) atoms. The van der Waals surface area contributed by atoms with Crippen LogP contribution < -0.4 is 5.32 Å². The number of benzene rings is 1. The molecule has 0 radical (unpaired) electrons. The van der Waals surface area contributed by atoms with Crippen LogP contribution in [0, 0.1) is 28.4 Å². The average molecular weight is 622 g/mol. The summed E-state index contributed by atoms with van der Waals surface area (Å²) in [4.78, 5) is 32.9. The van der Waals surface area contributed by atoms with E-state index in [1.807, 2.05) is 40.7 Å². The molecule has 0 aliphatic carbocycles. The van der Waals surface area contributed by atoms with Crippen molar-refractivity contribution in [1.82, 2.24) is 10.2 Å². The van der Waals surface area contributed by atoms with E-state index in [0.29, 0.717) is 24.1 Å². The lowest BCUT2D eigenvalue weighted by Crippen LogP contribution is -2.37. The molecule has 0 aliphatic rings. The molecule has 6 nitrogen and oxygen atoms in total. The first kappa shape index (κ1) is 45.3. The fraction of sp³-hybridized carbons (Fsp3) is 0.611. The van der Waals surface area contributed by atoms with Gasteiger partial charge in [-0.1, -0.05) is 91.3 Å². The van der Waals surface area contributed by atoms with Crippen LogP contribution in [0.5, 0.6) is 0 Å². The first-order valence-electron chi connectivity index (χ1n) is 16.2. The Kier molecular flexibility index (Phi) is 30.8. The van der Waals surface area contributed by atoms with Crippen molar-refractivity contribution in [1.29, 1.82) is 0 Å². The van der Waals surface area contributed by atoms with Crippen molar-refractivity contribution >= 4 is 12.2 Å². The van der Waals surface area contributed by atoms with Gasteiger partial charge in [-0.25, -0.2) is 8.78 Å². The van der Waals surface area contributed by atoms with Crippen LogP contribution in [0.3, 0.4) is 0 Å². The van der Waals surface area contributed by atoms with Gasteiger partial charge in [-0.05, 0) is 88.0 Å². The molecule has 1 aromatic rings. The summed E-state index contributed by atoms with van der Waals surface area (Å²) in [6.07, 6.45) is 10.3. The summed E-state index contributed by atoms with van der Waals surface area (Å²) in [5, 5.41) is 5.53. The molecular weight excluding hydrogens is 560 g/mol. The van der Waals surface area contributed by atoms with Crippen LogP contribution in [-0.2, 0) is 16.0 Å². The number of nitrogens with one attached hydrogen (secondary N) is 1. The Hall–Kier alpha value is -3.16. The molecule has 0 saturated carbocycles. The van der Waals surface area contributed by atoms with Crippen molar-refractivity contribution in [3.63, 3.8) is 0 Å². The van der Waals surface area contributed by atoms with Gasteiger partial charge in [0.2, 0.25) is 0 Å². The zero-order chi connectivity index (χ0) is 34.5. The van der Waals surface area contributed by atoms with E-state index in [2.05, 4.69) is 49.3 Å². The summed E-state index contributed by atoms with van der Waals surface area (Å²) >= 11 is 0. The Bertz CT molecular complexity index is 979. The normalized spacial score (nSPS) is 11.6. The number of carbonyl (C=O) groups excluding carboxylic acids is 2. The Morgan fingerprint density at radius 1 is 1.05 bits per heavy atom. The van der Waals surface area contributed by atoms with E-state index in [1.54, 1.807) is 6.07 Å². The monoisotopic (exact) mass is 621 g/mol. The standard InChI is InChI=1S/C29H44F2N2O.C3H7NO.C2H4O.C2H6/c1-8-12-24(14-15-25-16-17-26(30)27(31)19-25)13-11-18-33(20-22(6)9-2)23(7)29(34)32-28(10-3)21(4)5;1-2-3-4-5;1-2-3;1-2/h10,16-17,19,22,24H,4,7-9,11-15,18,20H2,1-3,5-6H3,(H,32,34);2-3H2,1H3;2H,1H3;1-2H3/b28-10-;;;. The summed E-state index contributed by atoms with van der Waals surface area (Å²) in [5.41, 5.74) is 2.84. The zero-order valence-corrected chi connectivity index (χ0v) is 29.1. The number of hydrogen-bond donors (Lipinski definition) is 1. The summed E-state index contributed by atoms with van der Waals surface area (Å²) in [5.74, 6) is -0.822. The number of aldehydes is 1. The van der Waals surface area contributed by atoms with Gasteiger partial charge in [-0.2, -0.15) is 4.91 Å². The number of halogens is 2. The molecule has 252 valence electrons. The second-order valence-corrected chi connectivity index (χ2v) is 10.5. The molecule has 0 fully saturated rings. The third-order valence-electron chi connectivity index (χ3n) is 6.75. The molecule has 0 spiro atoms. The Labute approximate surface area is 267 Å². The fourth-order valence-corrected chi connectivity index (χ4v) is 4.17. The molecule has 8 heteroatoms. The minimum Gasteiger partial charge on any atom is -0.367 e. The first-order chi connectivity index (χ1) is 20.9. The smallest absolute Gasteiger partial charge is 0.271 e. The molecule has 0 saturated heterocycles. The minimum absolute atomic E-state index is 0.192. The molecule has 2 atom stereocenters. The van der Waals surface area contributed by atoms with Gasteiger partial charge < -0.3 is 15.0 Å². The predicted molar refractivity (Wildman–Crippen MR) is 183 cm³/mol. The van der Waals surface area contributed by atoms with Gasteiger partial charge in [0.15, 0.2) is 11.6 Å². The van der Waals surface area contributed by atoms with Crippen molar-refractivity contribution in [2.24, 2.45) is 17.0 Å². The molecule has 1 N–H and O–H groups in total. The van der Waals surface area contributed by atoms with Crippen LogP contribution in [0.2, 0.25) is 0 Å². The second kappa shape index (κ2) is 29.9. The maximum atomic E-state index is 13.5. The second-order valence-electron chi connectivity index (χ2n) is 10.5. The van der Waals surface area contributed by atoms with E-state index in [0.717, 1.165) is 87.6 Å². The number of carbonyl (C=O) groups is 2. The van der Waals surface area contributed by atoms with Crippen molar-refractivity contribution < 1.29 is 18.4 Å². The molecule has 1 aromatic carbocycles. The zero-order valence-electron chi connectivity index (χ0n) is 29.1. The largest absolute Gasteiger partial charge is 0.367 e. The van der Waals surface area contributed by atoms with Crippen LogP contribution in [0.1, 0.15) is 113 Å². The van der Waals surface area contributed by atoms with E-state index >= 15 is 0 Å². The van der Waals surface area contributed by atoms with E-state index in [4.69, 9.17) is 9.70 Å². The van der Waals surface area contributed by atoms with E-state index in [-0.39, 0.29) is 5.91 Å². The number of rotatable bonds is 18. The highest BCUT2D eigenvalue weighted by molar-refractivity contribution is 5.93. The number of nitrogens with zero attached hydrogens (tertiary/aromatic N) is 2. The Morgan fingerprint density at radius 3 is 2.09 bits per heavy atom. The highest BCUT2D eigenvalue weighted by atomic mass is 19.2. The average Bonchev–Trinajstić information content (AvgIpc) is 3.01. The van der Waals surface area contributed by atoms with Gasteiger partial charge >= 0.3 is 0 Å². The van der Waals surface area contributed by atoms with Crippen LogP contribution in [-0.4, -0.2) is 36.7 Å². The maximum absolute atomic E-state index is 13.5. The maximum Gasteiger partial charge on any atom is 0.271 e. The van der Waals surface area contributed by atoms with E-state index in [1.165, 1.54) is 19.1 Å². The van der Waals surface area contributed by atoms with Gasteiger partial charge in [-0.3, -0.25) is 4.79 Å². The van der Waals surface area contributed by atoms with Crippen molar-refractivity contribution in [2.45, 2.75) is 114 Å². The van der Waals surface area contributed by atoms with Crippen LogP contribution in [0.15, 0.2) is 59.6 Å². The molecule has 0 aliphatic heterocycles. The Balaban J connectivity index is -0.00000147. The summed E-state index contributed by atoms with van der Waals surface area (Å²) in [7, 11) is 0. The molecule has 1 amide bonds. The molecule has 0 bridgehead atoms. The number of allylic oxidation sites excluding steroid dienone is 2. The van der Waals surface area contributed by atoms with Crippen molar-refractivity contribution in [2.75, 3.05) is 19.6 Å². The van der Waals surface area contributed by atoms with E-state index < -0.39 is 11.6 Å². The van der Waals surface area contributed by atoms with Crippen molar-refractivity contribution in [3.8, 4) is 0 Å². The van der Waals surface area contributed by atoms with Gasteiger partial charge in [-0.15, -0.1) is 0 Å². The molecule has 0 heterocycles. The van der Waals surface area contributed by atoms with Crippen LogP contribution in [0.25, 0.3) is 0 Å². The van der Waals surface area contributed by atoms with E-state index in [9.17, 15) is 13.6 Å². The van der Waals surface area contributed by atoms with Crippen LogP contribution >= 0.6 is 0 Å². The lowest BCUT2D eigenvalue weighted by molar-refractivity contribution is -0.118. The number of nitroso groups, excluding NO2 is 1. The predicted octanol–water partition coefficient (Wildman–Crippen LogP) is 9.95. The third kappa shape index (κ3) is 22.4. The fourth-order valence-electron chi connectivity index (χ4n) is 4.17. The highest BCUT2D eigenvalue weighted by Gasteiger charge is 2.19. The highest BCUT2D eigenvalue weighted by Crippen LogP contribution is 2.22. The van der Waals surface area contributed by atoms with Gasteiger partial charge in [0.25, 0.3) is 5.91 Å². The topological polar surface area (TPSA) is 78.8 Å². The lowest BCUT2D eigenvalue weighted by Gasteiger charge is -2.29. The quantitative estimate of drug-likeness (QED) is 0.0766. The van der Waals surface area contributed by atoms with Gasteiger partial charge in [0, 0.05) is 18.8 Å². The molecule has 2 unspecified atom stereocenters. The summed E-state index contributed by atoms with van der Waals surface area (Å²) < 4.78 is 26.7. The molecule has 1 rings (SSSR count). The van der Waals surface area contributed by atoms with Gasteiger partial charge in [0.1, 0.15) is 6.29 Å². The number of amides is 1. The van der Waals surface area contributed by atoms with Crippen LogP contribution in [0.4, 0.5) is 8.78 Å². The molecular formula is C36H61F2N3O3. The number of aryl methyl sites for hydroxylation is 1. The SMILES string of the molecule is C=C(C)/C(=C/C)NC(=O)C(=C)N(CCCC(CCC)CCc1ccc(F)c(F)c1)CC(C)CC.CC.CC=O.CCCN=O. The molecule has 0 aromatic heterocycles. The minimum atomic E-state index is -0.802.